The highest BCUT2D eigenvalue weighted by atomic mass is 16.5. The molecule has 3 aromatic rings. The molecular weight excluding hydrogens is 464 g/mol. The molecule has 194 valence electrons. The van der Waals surface area contributed by atoms with Gasteiger partial charge in [-0.1, -0.05) is 42.5 Å². The third-order valence-corrected chi connectivity index (χ3v) is 6.37. The molecule has 2 amide bonds. The summed E-state index contributed by atoms with van der Waals surface area (Å²) in [6.07, 6.45) is 5.54. The van der Waals surface area contributed by atoms with Crippen LogP contribution in [0.2, 0.25) is 0 Å². The average molecular weight is 501 g/mol. The lowest BCUT2D eigenvalue weighted by atomic mass is 10.0. The van der Waals surface area contributed by atoms with Gasteiger partial charge < -0.3 is 15.4 Å². The number of nitrogens with one attached hydrogen (secondary N) is 2. The lowest BCUT2D eigenvalue weighted by molar-refractivity contribution is -0.122. The fourth-order valence-corrected chi connectivity index (χ4v) is 4.40. The van der Waals surface area contributed by atoms with E-state index in [0.717, 1.165) is 47.4 Å². The van der Waals surface area contributed by atoms with Crippen LogP contribution in [0.3, 0.4) is 0 Å². The summed E-state index contributed by atoms with van der Waals surface area (Å²) in [5.41, 5.74) is 4.86. The van der Waals surface area contributed by atoms with E-state index in [9.17, 15) is 9.59 Å². The van der Waals surface area contributed by atoms with Crippen molar-refractivity contribution in [1.29, 1.82) is 0 Å². The van der Waals surface area contributed by atoms with Crippen LogP contribution < -0.4 is 15.4 Å². The summed E-state index contributed by atoms with van der Waals surface area (Å²) in [6.45, 7) is 4.79. The topological polar surface area (TPSA) is 83.6 Å². The van der Waals surface area contributed by atoms with Crippen LogP contribution in [0.5, 0.6) is 5.75 Å². The van der Waals surface area contributed by atoms with E-state index in [0.29, 0.717) is 51.3 Å². The molecule has 2 heterocycles. The second-order valence-electron chi connectivity index (χ2n) is 9.57. The molecule has 0 fully saturated rings. The van der Waals surface area contributed by atoms with Gasteiger partial charge in [0.15, 0.2) is 0 Å². The Balaban J connectivity index is 1.48. The van der Waals surface area contributed by atoms with Gasteiger partial charge in [0.2, 0.25) is 11.8 Å². The van der Waals surface area contributed by atoms with E-state index >= 15 is 0 Å². The minimum Gasteiger partial charge on any atom is -0.493 e. The zero-order valence-corrected chi connectivity index (χ0v) is 21.5. The van der Waals surface area contributed by atoms with Crippen molar-refractivity contribution in [1.82, 2.24) is 15.2 Å². The molecule has 0 saturated heterocycles. The fourth-order valence-electron chi connectivity index (χ4n) is 4.40. The van der Waals surface area contributed by atoms with Crippen molar-refractivity contribution in [2.75, 3.05) is 25.0 Å². The Hall–Kier alpha value is -3.71. The van der Waals surface area contributed by atoms with Crippen molar-refractivity contribution in [2.24, 2.45) is 0 Å². The third-order valence-electron chi connectivity index (χ3n) is 6.37. The second-order valence-corrected chi connectivity index (χ2v) is 9.57. The molecule has 2 N–H and O–H groups in total. The molecule has 1 aliphatic heterocycles. The molecule has 2 aromatic carbocycles. The summed E-state index contributed by atoms with van der Waals surface area (Å²) >= 11 is 0. The number of aromatic nitrogens is 1. The van der Waals surface area contributed by atoms with Gasteiger partial charge in [0.25, 0.3) is 0 Å². The van der Waals surface area contributed by atoms with E-state index in [1.807, 2.05) is 49.4 Å². The standard InChI is InChI=1S/C30H36N4O3/c1-23-10-13-27(19-32-23)33-29(35)15-12-24-11-14-28-26(18-24)21-34(20-25-8-4-2-5-9-25)22-30(36)31-16-6-3-7-17-37-28/h2,4-5,8-11,13-14,18-19H,3,6-7,12,15-17,20-22H2,1H3,(H,31,36)(H,33,35). The minimum absolute atomic E-state index is 0.0380. The average Bonchev–Trinajstić information content (AvgIpc) is 2.90. The fraction of sp³-hybridized carbons (Fsp3) is 0.367. The van der Waals surface area contributed by atoms with Crippen LogP contribution in [0, 0.1) is 6.92 Å². The summed E-state index contributed by atoms with van der Waals surface area (Å²) in [7, 11) is 0. The van der Waals surface area contributed by atoms with Gasteiger partial charge in [-0.2, -0.15) is 0 Å². The van der Waals surface area contributed by atoms with Crippen LogP contribution in [0.4, 0.5) is 5.69 Å². The molecule has 1 aromatic heterocycles. The van der Waals surface area contributed by atoms with E-state index in [4.69, 9.17) is 4.74 Å². The number of benzene rings is 2. The van der Waals surface area contributed by atoms with Crippen LogP contribution in [0.15, 0.2) is 66.9 Å². The van der Waals surface area contributed by atoms with Gasteiger partial charge in [0.05, 0.1) is 25.0 Å². The van der Waals surface area contributed by atoms with E-state index in [-0.39, 0.29) is 11.8 Å². The van der Waals surface area contributed by atoms with Crippen LogP contribution in [0.1, 0.15) is 48.1 Å². The molecular formula is C30H36N4O3. The normalized spacial score (nSPS) is 15.2. The molecule has 0 unspecified atom stereocenters. The van der Waals surface area contributed by atoms with Gasteiger partial charge >= 0.3 is 0 Å². The van der Waals surface area contributed by atoms with Gasteiger partial charge in [-0.3, -0.25) is 19.5 Å². The predicted molar refractivity (Wildman–Crippen MR) is 145 cm³/mol. The van der Waals surface area contributed by atoms with Crippen LogP contribution >= 0.6 is 0 Å². The van der Waals surface area contributed by atoms with Crippen molar-refractivity contribution in [3.63, 3.8) is 0 Å². The number of anilines is 1. The molecule has 0 bridgehead atoms. The Bertz CT molecular complexity index is 1170. The zero-order chi connectivity index (χ0) is 25.9. The first-order valence-corrected chi connectivity index (χ1v) is 13.1. The number of carbonyl (C=O) groups excluding carboxylic acids is 2. The highest BCUT2D eigenvalue weighted by Crippen LogP contribution is 2.24. The molecule has 7 nitrogen and oxygen atoms in total. The Morgan fingerprint density at radius 2 is 1.89 bits per heavy atom. The van der Waals surface area contributed by atoms with Gasteiger partial charge in [-0.25, -0.2) is 0 Å². The smallest absolute Gasteiger partial charge is 0.234 e. The number of pyridine rings is 1. The van der Waals surface area contributed by atoms with Gasteiger partial charge in [-0.15, -0.1) is 0 Å². The Labute approximate surface area is 219 Å². The summed E-state index contributed by atoms with van der Waals surface area (Å²) in [5, 5.41) is 5.97. The van der Waals surface area contributed by atoms with Gasteiger partial charge in [-0.05, 0) is 61.9 Å². The van der Waals surface area contributed by atoms with Crippen molar-refractivity contribution < 1.29 is 14.3 Å². The van der Waals surface area contributed by atoms with E-state index in [2.05, 4.69) is 38.7 Å². The summed E-state index contributed by atoms with van der Waals surface area (Å²) < 4.78 is 6.18. The number of nitrogens with zero attached hydrogens (tertiary/aromatic N) is 2. The SMILES string of the molecule is Cc1ccc(NC(=O)CCc2ccc3c(c2)CN(Cc2ccccc2)CC(=O)NCCCCCO3)cn1. The molecule has 4 rings (SSSR count). The van der Waals surface area contributed by atoms with Crippen molar-refractivity contribution in [2.45, 2.75) is 52.1 Å². The van der Waals surface area contributed by atoms with E-state index in [1.54, 1.807) is 6.20 Å². The summed E-state index contributed by atoms with van der Waals surface area (Å²) in [4.78, 5) is 31.6. The maximum absolute atomic E-state index is 12.7. The summed E-state index contributed by atoms with van der Waals surface area (Å²) in [5.74, 6) is 0.834. The van der Waals surface area contributed by atoms with E-state index < -0.39 is 0 Å². The largest absolute Gasteiger partial charge is 0.493 e. The Morgan fingerprint density at radius 3 is 2.70 bits per heavy atom. The highest BCUT2D eigenvalue weighted by Gasteiger charge is 2.16. The van der Waals surface area contributed by atoms with Crippen molar-refractivity contribution in [3.8, 4) is 5.75 Å². The minimum atomic E-state index is -0.0479. The molecule has 1 aliphatic rings. The monoisotopic (exact) mass is 500 g/mol. The molecule has 0 saturated carbocycles. The quantitative estimate of drug-likeness (QED) is 0.515. The molecule has 7 heteroatoms. The number of amides is 2. The zero-order valence-electron chi connectivity index (χ0n) is 21.5. The molecule has 0 atom stereocenters. The molecule has 37 heavy (non-hydrogen) atoms. The summed E-state index contributed by atoms with van der Waals surface area (Å²) in [6, 6.07) is 20.1. The lowest BCUT2D eigenvalue weighted by Gasteiger charge is -2.24. The predicted octanol–water partition coefficient (Wildman–Crippen LogP) is 4.64. The number of ether oxygens (including phenoxy) is 1. The highest BCUT2D eigenvalue weighted by molar-refractivity contribution is 5.90. The molecule has 0 radical (unpaired) electrons. The maximum atomic E-state index is 12.7. The lowest BCUT2D eigenvalue weighted by Crippen LogP contribution is -2.37. The van der Waals surface area contributed by atoms with Crippen LogP contribution in [0.25, 0.3) is 0 Å². The first-order chi connectivity index (χ1) is 18.0. The molecule has 0 aliphatic carbocycles. The third kappa shape index (κ3) is 8.72. The Morgan fingerprint density at radius 1 is 1.03 bits per heavy atom. The van der Waals surface area contributed by atoms with Crippen LogP contribution in [-0.4, -0.2) is 41.4 Å². The number of carbonyl (C=O) groups is 2. The first kappa shape index (κ1) is 26.4. The van der Waals surface area contributed by atoms with Crippen molar-refractivity contribution >= 4 is 17.5 Å². The van der Waals surface area contributed by atoms with Crippen molar-refractivity contribution in [3.05, 3.63) is 89.2 Å². The second kappa shape index (κ2) is 13.6. The number of hydrogen-bond acceptors (Lipinski definition) is 5. The maximum Gasteiger partial charge on any atom is 0.234 e. The first-order valence-electron chi connectivity index (χ1n) is 13.1. The Kier molecular flexibility index (Phi) is 9.66. The number of aryl methyl sites for hydroxylation is 2. The molecule has 0 spiro atoms. The van der Waals surface area contributed by atoms with Gasteiger partial charge in [0, 0.05) is 37.3 Å². The van der Waals surface area contributed by atoms with Crippen LogP contribution in [-0.2, 0) is 29.1 Å². The number of fused-ring (bicyclic) bond motifs is 1. The van der Waals surface area contributed by atoms with E-state index in [1.165, 1.54) is 0 Å². The van der Waals surface area contributed by atoms with Gasteiger partial charge in [0.1, 0.15) is 5.75 Å². The number of hydrogen-bond donors (Lipinski definition) is 2. The number of rotatable bonds is 6.